The Morgan fingerprint density at radius 3 is 3.04 bits per heavy atom. The first kappa shape index (κ1) is 17.3. The summed E-state index contributed by atoms with van der Waals surface area (Å²) in [4.78, 5) is 18.8. The number of nitrogens with zero attached hydrogens (tertiary/aromatic N) is 3. The smallest absolute Gasteiger partial charge is 0.322 e. The molecule has 3 rings (SSSR count). The number of aromatic nitrogens is 2. The topological polar surface area (TPSA) is 80.5 Å². The summed E-state index contributed by atoms with van der Waals surface area (Å²) in [6, 6.07) is 7.61. The van der Waals surface area contributed by atoms with Gasteiger partial charge in [0.15, 0.2) is 5.82 Å². The van der Waals surface area contributed by atoms with Crippen LogP contribution in [0.5, 0.6) is 5.75 Å². The van der Waals surface area contributed by atoms with Gasteiger partial charge >= 0.3 is 6.03 Å². The van der Waals surface area contributed by atoms with Crippen molar-refractivity contribution in [1.29, 1.82) is 0 Å². The number of ether oxygens (including phenoxy) is 1. The van der Waals surface area contributed by atoms with Crippen LogP contribution in [0.15, 0.2) is 28.8 Å². The van der Waals surface area contributed by atoms with Crippen LogP contribution in [-0.4, -0.2) is 40.3 Å². The molecule has 0 saturated carbocycles. The molecule has 134 valence electrons. The third kappa shape index (κ3) is 4.29. The van der Waals surface area contributed by atoms with Crippen LogP contribution in [0.1, 0.15) is 37.9 Å². The number of amides is 2. The second-order valence-electron chi connectivity index (χ2n) is 6.12. The van der Waals surface area contributed by atoms with Gasteiger partial charge in [-0.15, -0.1) is 0 Å². The Balaban J connectivity index is 1.60. The zero-order chi connectivity index (χ0) is 17.6. The molecular formula is C18H24N4O3. The van der Waals surface area contributed by atoms with Crippen molar-refractivity contribution >= 4 is 11.7 Å². The molecule has 0 aliphatic carbocycles. The number of benzene rings is 1. The number of carbonyl (C=O) groups is 1. The number of carbonyl (C=O) groups excluding carboxylic acids is 1. The lowest BCUT2D eigenvalue weighted by Crippen LogP contribution is -2.39. The first-order valence-electron chi connectivity index (χ1n) is 8.76. The lowest BCUT2D eigenvalue weighted by molar-refractivity contribution is 0.203. The number of hydrogen-bond acceptors (Lipinski definition) is 5. The van der Waals surface area contributed by atoms with Gasteiger partial charge in [0, 0.05) is 25.9 Å². The molecule has 2 aromatic rings. The highest BCUT2D eigenvalue weighted by Gasteiger charge is 2.29. The zero-order valence-corrected chi connectivity index (χ0v) is 14.7. The lowest BCUT2D eigenvalue weighted by atomic mass is 10.1. The number of aryl methyl sites for hydroxylation is 2. The molecule has 7 nitrogen and oxygen atoms in total. The summed E-state index contributed by atoms with van der Waals surface area (Å²) in [6.07, 6.45) is 3.55. The van der Waals surface area contributed by atoms with Gasteiger partial charge in [0.05, 0.1) is 12.3 Å². The van der Waals surface area contributed by atoms with Crippen molar-refractivity contribution in [3.05, 3.63) is 36.0 Å². The van der Waals surface area contributed by atoms with E-state index in [1.807, 2.05) is 36.1 Å². The Hall–Kier alpha value is -2.57. The van der Waals surface area contributed by atoms with Crippen LogP contribution < -0.4 is 10.1 Å². The molecule has 1 saturated heterocycles. The molecule has 25 heavy (non-hydrogen) atoms. The van der Waals surface area contributed by atoms with Gasteiger partial charge in [-0.25, -0.2) is 4.79 Å². The molecule has 0 radical (unpaired) electrons. The maximum Gasteiger partial charge on any atom is 0.322 e. The van der Waals surface area contributed by atoms with Crippen molar-refractivity contribution in [3.8, 4) is 5.75 Å². The fourth-order valence-corrected chi connectivity index (χ4v) is 3.18. The van der Waals surface area contributed by atoms with Gasteiger partial charge in [-0.2, -0.15) is 4.98 Å². The van der Waals surface area contributed by atoms with Crippen LogP contribution in [0.3, 0.4) is 0 Å². The molecule has 0 spiro atoms. The largest absolute Gasteiger partial charge is 0.492 e. The number of anilines is 1. The summed E-state index contributed by atoms with van der Waals surface area (Å²) >= 11 is 0. The molecule has 1 aromatic heterocycles. The summed E-state index contributed by atoms with van der Waals surface area (Å²) in [5.41, 5.74) is 0.703. The van der Waals surface area contributed by atoms with Gasteiger partial charge in [-0.3, -0.25) is 0 Å². The quantitative estimate of drug-likeness (QED) is 0.868. The van der Waals surface area contributed by atoms with Gasteiger partial charge in [0.2, 0.25) is 5.89 Å². The van der Waals surface area contributed by atoms with Crippen LogP contribution in [0, 0.1) is 6.92 Å². The van der Waals surface area contributed by atoms with E-state index in [-0.39, 0.29) is 12.1 Å². The van der Waals surface area contributed by atoms with Crippen LogP contribution in [0.2, 0.25) is 0 Å². The van der Waals surface area contributed by atoms with E-state index in [1.165, 1.54) is 0 Å². The van der Waals surface area contributed by atoms with Crippen molar-refractivity contribution in [2.45, 2.75) is 45.6 Å². The Bertz CT molecular complexity index is 716. The zero-order valence-electron chi connectivity index (χ0n) is 14.7. The van der Waals surface area contributed by atoms with Crippen molar-refractivity contribution < 1.29 is 14.1 Å². The number of hydrogen-bond donors (Lipinski definition) is 1. The molecule has 1 fully saturated rings. The average Bonchev–Trinajstić information content (AvgIpc) is 3.23. The average molecular weight is 344 g/mol. The van der Waals surface area contributed by atoms with Crippen molar-refractivity contribution in [2.24, 2.45) is 0 Å². The van der Waals surface area contributed by atoms with E-state index in [0.717, 1.165) is 25.8 Å². The Labute approximate surface area is 147 Å². The Morgan fingerprint density at radius 1 is 1.44 bits per heavy atom. The second kappa shape index (κ2) is 8.00. The molecule has 2 amide bonds. The fourth-order valence-electron chi connectivity index (χ4n) is 3.18. The van der Waals surface area contributed by atoms with E-state index in [4.69, 9.17) is 9.26 Å². The molecule has 1 N–H and O–H groups in total. The predicted molar refractivity (Wildman–Crippen MR) is 93.7 cm³/mol. The van der Waals surface area contributed by atoms with E-state index in [1.54, 1.807) is 6.92 Å². The lowest BCUT2D eigenvalue weighted by Gasteiger charge is -2.25. The SMILES string of the molecule is CCOc1ccccc1NC(=O)N1CCCC1CCc1noc(C)n1. The van der Waals surface area contributed by atoms with Gasteiger partial charge in [-0.1, -0.05) is 17.3 Å². The van der Waals surface area contributed by atoms with E-state index >= 15 is 0 Å². The van der Waals surface area contributed by atoms with Gasteiger partial charge in [-0.05, 0) is 38.3 Å². The van der Waals surface area contributed by atoms with Crippen molar-refractivity contribution in [2.75, 3.05) is 18.5 Å². The normalized spacial score (nSPS) is 16.9. The maximum absolute atomic E-state index is 12.7. The van der Waals surface area contributed by atoms with Crippen LogP contribution >= 0.6 is 0 Å². The number of likely N-dealkylation sites (tertiary alicyclic amines) is 1. The highest BCUT2D eigenvalue weighted by Crippen LogP contribution is 2.27. The van der Waals surface area contributed by atoms with Crippen LogP contribution in [-0.2, 0) is 6.42 Å². The first-order valence-corrected chi connectivity index (χ1v) is 8.76. The highest BCUT2D eigenvalue weighted by atomic mass is 16.5. The number of rotatable bonds is 6. The number of nitrogens with one attached hydrogen (secondary N) is 1. The van der Waals surface area contributed by atoms with E-state index in [0.29, 0.717) is 36.2 Å². The number of urea groups is 1. The summed E-state index contributed by atoms with van der Waals surface area (Å²) in [5, 5.41) is 6.91. The summed E-state index contributed by atoms with van der Waals surface area (Å²) < 4.78 is 10.6. The minimum atomic E-state index is -0.0843. The third-order valence-corrected chi connectivity index (χ3v) is 4.34. The highest BCUT2D eigenvalue weighted by molar-refractivity contribution is 5.91. The molecule has 2 heterocycles. The maximum atomic E-state index is 12.7. The Morgan fingerprint density at radius 2 is 2.28 bits per heavy atom. The van der Waals surface area contributed by atoms with Crippen molar-refractivity contribution in [3.63, 3.8) is 0 Å². The van der Waals surface area contributed by atoms with Crippen LogP contribution in [0.4, 0.5) is 10.5 Å². The van der Waals surface area contributed by atoms with E-state index in [2.05, 4.69) is 15.5 Å². The molecule has 1 aromatic carbocycles. The summed E-state index contributed by atoms with van der Waals surface area (Å²) in [7, 11) is 0. The van der Waals surface area contributed by atoms with Gasteiger partial charge in [0.1, 0.15) is 5.75 Å². The van der Waals surface area contributed by atoms with E-state index in [9.17, 15) is 4.79 Å². The molecule has 1 unspecified atom stereocenters. The first-order chi connectivity index (χ1) is 12.2. The fraction of sp³-hybridized carbons (Fsp3) is 0.500. The summed E-state index contributed by atoms with van der Waals surface area (Å²) in [6.45, 7) is 5.03. The minimum Gasteiger partial charge on any atom is -0.492 e. The van der Waals surface area contributed by atoms with E-state index < -0.39 is 0 Å². The molecule has 1 aliphatic heterocycles. The molecule has 7 heteroatoms. The minimum absolute atomic E-state index is 0.0843. The summed E-state index contributed by atoms with van der Waals surface area (Å²) in [5.74, 6) is 1.96. The van der Waals surface area contributed by atoms with Crippen molar-refractivity contribution in [1.82, 2.24) is 15.0 Å². The second-order valence-corrected chi connectivity index (χ2v) is 6.12. The van der Waals surface area contributed by atoms with Crippen LogP contribution in [0.25, 0.3) is 0 Å². The monoisotopic (exact) mass is 344 g/mol. The molecular weight excluding hydrogens is 320 g/mol. The standard InChI is InChI=1S/C18H24N4O3/c1-3-24-16-9-5-4-8-15(16)20-18(23)22-12-6-7-14(22)10-11-17-19-13(2)25-21-17/h4-5,8-9,14H,3,6-7,10-12H2,1-2H3,(H,20,23). The molecule has 1 aliphatic rings. The van der Waals surface area contributed by atoms with Gasteiger partial charge in [0.25, 0.3) is 0 Å². The molecule has 0 bridgehead atoms. The van der Waals surface area contributed by atoms with Gasteiger partial charge < -0.3 is 19.5 Å². The predicted octanol–water partition coefficient (Wildman–Crippen LogP) is 3.41. The Kier molecular flexibility index (Phi) is 5.53. The number of para-hydroxylation sites is 2. The molecule has 1 atom stereocenters. The third-order valence-electron chi connectivity index (χ3n) is 4.34.